The Bertz CT molecular complexity index is 690. The van der Waals surface area contributed by atoms with Crippen molar-refractivity contribution in [3.8, 4) is 0 Å². The molecule has 1 atom stereocenters. The normalized spacial score (nSPS) is 19.4. The molecule has 1 aromatic rings. The summed E-state index contributed by atoms with van der Waals surface area (Å²) < 4.78 is 35.1. The third kappa shape index (κ3) is 2.68. The van der Waals surface area contributed by atoms with Crippen LogP contribution in [0, 0.1) is 0 Å². The highest BCUT2D eigenvalue weighted by molar-refractivity contribution is 9.10. The number of carboxylic acid groups (broad SMARTS) is 1. The van der Waals surface area contributed by atoms with Crippen molar-refractivity contribution in [3.05, 3.63) is 28.2 Å². The molecule has 6 nitrogen and oxygen atoms in total. The van der Waals surface area contributed by atoms with E-state index in [1.807, 2.05) is 0 Å². The van der Waals surface area contributed by atoms with Crippen LogP contribution in [0.15, 0.2) is 22.7 Å². The zero-order valence-corrected chi connectivity index (χ0v) is 12.3. The summed E-state index contributed by atoms with van der Waals surface area (Å²) in [6.45, 7) is -0.402. The molecule has 0 aliphatic carbocycles. The monoisotopic (exact) mass is 365 g/mol. The van der Waals surface area contributed by atoms with E-state index in [1.54, 1.807) is 0 Å². The van der Waals surface area contributed by atoms with Crippen LogP contribution in [0.3, 0.4) is 0 Å². The molecule has 0 radical (unpaired) electrons. The maximum absolute atomic E-state index is 13.0. The molecule has 1 aromatic carbocycles. The van der Waals surface area contributed by atoms with Crippen LogP contribution in [0.5, 0.6) is 0 Å². The standard InChI is InChI=1S/C11H9BrFNO5S/c12-8-3-1-2-7(11(16)17)10(8)14-5-6(4-9(14)15)20(13,18)19/h1-3,6H,4-5H2,(H,16,17). The first-order valence-electron chi connectivity index (χ1n) is 5.47. The van der Waals surface area contributed by atoms with Gasteiger partial charge in [-0.25, -0.2) is 4.79 Å². The number of aromatic carboxylic acids is 1. The number of carbonyl (C=O) groups excluding carboxylic acids is 1. The maximum Gasteiger partial charge on any atom is 0.337 e. The summed E-state index contributed by atoms with van der Waals surface area (Å²) in [6, 6.07) is 4.28. The highest BCUT2D eigenvalue weighted by atomic mass is 79.9. The number of rotatable bonds is 3. The van der Waals surface area contributed by atoms with E-state index in [-0.39, 0.29) is 11.3 Å². The SMILES string of the molecule is O=C(O)c1cccc(Br)c1N1CC(S(=O)(=O)F)CC1=O. The minimum Gasteiger partial charge on any atom is -0.478 e. The average Bonchev–Trinajstić information content (AvgIpc) is 2.70. The Morgan fingerprint density at radius 3 is 2.60 bits per heavy atom. The number of carboxylic acids is 1. The predicted octanol–water partition coefficient (Wildman–Crippen LogP) is 1.55. The number of para-hydroxylation sites is 1. The minimum absolute atomic E-state index is 0.0381. The van der Waals surface area contributed by atoms with E-state index in [4.69, 9.17) is 5.11 Å². The van der Waals surface area contributed by atoms with Crippen molar-refractivity contribution >= 4 is 43.7 Å². The van der Waals surface area contributed by atoms with Gasteiger partial charge in [-0.15, -0.1) is 3.89 Å². The molecule has 1 aliphatic rings. The van der Waals surface area contributed by atoms with E-state index in [2.05, 4.69) is 15.9 Å². The number of halogens is 2. The second kappa shape index (κ2) is 5.13. The molecule has 0 spiro atoms. The molecule has 1 fully saturated rings. The lowest BCUT2D eigenvalue weighted by atomic mass is 10.1. The lowest BCUT2D eigenvalue weighted by molar-refractivity contribution is -0.117. The van der Waals surface area contributed by atoms with Crippen molar-refractivity contribution in [2.24, 2.45) is 0 Å². The van der Waals surface area contributed by atoms with E-state index in [0.29, 0.717) is 4.47 Å². The fourth-order valence-electron chi connectivity index (χ4n) is 2.04. The number of anilines is 1. The summed E-state index contributed by atoms with van der Waals surface area (Å²) in [6.07, 6.45) is -0.501. The molecule has 0 bridgehead atoms. The number of nitrogens with zero attached hydrogens (tertiary/aromatic N) is 1. The second-order valence-electron chi connectivity index (χ2n) is 4.25. The van der Waals surface area contributed by atoms with Crippen LogP contribution in [-0.2, 0) is 15.0 Å². The van der Waals surface area contributed by atoms with Crippen LogP contribution in [0.4, 0.5) is 9.57 Å². The molecule has 0 aromatic heterocycles. The first-order valence-corrected chi connectivity index (χ1v) is 7.71. The van der Waals surface area contributed by atoms with Crippen LogP contribution < -0.4 is 4.90 Å². The molecule has 0 saturated carbocycles. The molecule has 9 heteroatoms. The van der Waals surface area contributed by atoms with Crippen LogP contribution in [0.25, 0.3) is 0 Å². The summed E-state index contributed by atoms with van der Waals surface area (Å²) in [5, 5.41) is 7.64. The quantitative estimate of drug-likeness (QED) is 0.820. The van der Waals surface area contributed by atoms with Gasteiger partial charge in [0.15, 0.2) is 0 Å². The van der Waals surface area contributed by atoms with Gasteiger partial charge in [0.2, 0.25) is 5.91 Å². The fourth-order valence-corrected chi connectivity index (χ4v) is 3.29. The predicted molar refractivity (Wildman–Crippen MR) is 71.9 cm³/mol. The fraction of sp³-hybridized carbons (Fsp3) is 0.273. The number of benzene rings is 1. The lowest BCUT2D eigenvalue weighted by Crippen LogP contribution is -2.28. The molecule has 2 rings (SSSR count). The van der Waals surface area contributed by atoms with Gasteiger partial charge >= 0.3 is 16.2 Å². The topological polar surface area (TPSA) is 91.8 Å². The summed E-state index contributed by atoms with van der Waals surface area (Å²) in [4.78, 5) is 24.0. The molecule has 1 heterocycles. The smallest absolute Gasteiger partial charge is 0.337 e. The Morgan fingerprint density at radius 2 is 2.10 bits per heavy atom. The third-order valence-corrected chi connectivity index (χ3v) is 4.73. The Balaban J connectivity index is 2.48. The first-order chi connectivity index (χ1) is 9.21. The molecule has 1 saturated heterocycles. The van der Waals surface area contributed by atoms with Crippen molar-refractivity contribution in [1.29, 1.82) is 0 Å². The molecular formula is C11H9BrFNO5S. The van der Waals surface area contributed by atoms with E-state index >= 15 is 0 Å². The summed E-state index contributed by atoms with van der Waals surface area (Å²) in [5.41, 5.74) is -0.124. The van der Waals surface area contributed by atoms with Crippen molar-refractivity contribution in [2.75, 3.05) is 11.4 Å². The zero-order valence-electron chi connectivity index (χ0n) is 9.92. The van der Waals surface area contributed by atoms with E-state index in [1.165, 1.54) is 18.2 Å². The van der Waals surface area contributed by atoms with Gasteiger partial charge in [-0.2, -0.15) is 8.42 Å². The largest absolute Gasteiger partial charge is 0.478 e. The van der Waals surface area contributed by atoms with E-state index in [9.17, 15) is 21.9 Å². The van der Waals surface area contributed by atoms with Crippen molar-refractivity contribution in [1.82, 2.24) is 0 Å². The van der Waals surface area contributed by atoms with Gasteiger partial charge in [0.25, 0.3) is 0 Å². The zero-order chi connectivity index (χ0) is 15.1. The maximum atomic E-state index is 13.0. The Hall–Kier alpha value is -1.48. The number of amides is 1. The second-order valence-corrected chi connectivity index (χ2v) is 6.72. The van der Waals surface area contributed by atoms with Crippen LogP contribution in [0.1, 0.15) is 16.8 Å². The molecule has 108 valence electrons. The Labute approximate surface area is 122 Å². The molecule has 1 amide bonds. The summed E-state index contributed by atoms with van der Waals surface area (Å²) in [5.74, 6) is -1.90. The van der Waals surface area contributed by atoms with Crippen molar-refractivity contribution in [2.45, 2.75) is 11.7 Å². The van der Waals surface area contributed by atoms with E-state index < -0.39 is 40.3 Å². The Morgan fingerprint density at radius 1 is 1.45 bits per heavy atom. The number of carbonyl (C=O) groups is 2. The summed E-state index contributed by atoms with van der Waals surface area (Å²) >= 11 is 3.12. The minimum atomic E-state index is -4.85. The first kappa shape index (κ1) is 14.9. The van der Waals surface area contributed by atoms with Crippen LogP contribution in [-0.4, -0.2) is 37.2 Å². The molecule has 1 N–H and O–H groups in total. The van der Waals surface area contributed by atoms with Gasteiger partial charge < -0.3 is 10.0 Å². The van der Waals surface area contributed by atoms with Gasteiger partial charge in [0.05, 0.1) is 11.3 Å². The third-order valence-electron chi connectivity index (χ3n) is 2.97. The number of hydrogen-bond acceptors (Lipinski definition) is 4. The summed E-state index contributed by atoms with van der Waals surface area (Å²) in [7, 11) is -4.85. The Kier molecular flexibility index (Phi) is 3.83. The van der Waals surface area contributed by atoms with E-state index in [0.717, 1.165) is 4.90 Å². The van der Waals surface area contributed by atoms with Crippen LogP contribution in [0.2, 0.25) is 0 Å². The molecule has 1 unspecified atom stereocenters. The van der Waals surface area contributed by atoms with Gasteiger partial charge in [0, 0.05) is 17.4 Å². The van der Waals surface area contributed by atoms with Crippen LogP contribution >= 0.6 is 15.9 Å². The highest BCUT2D eigenvalue weighted by Crippen LogP contribution is 2.34. The van der Waals surface area contributed by atoms with Gasteiger partial charge in [-0.1, -0.05) is 6.07 Å². The van der Waals surface area contributed by atoms with Gasteiger partial charge in [-0.3, -0.25) is 4.79 Å². The lowest BCUT2D eigenvalue weighted by Gasteiger charge is -2.20. The molecule has 1 aliphatic heterocycles. The van der Waals surface area contributed by atoms with Crippen molar-refractivity contribution < 1.29 is 27.0 Å². The van der Waals surface area contributed by atoms with Crippen molar-refractivity contribution in [3.63, 3.8) is 0 Å². The molecule has 20 heavy (non-hydrogen) atoms. The molecular weight excluding hydrogens is 357 g/mol. The number of hydrogen-bond donors (Lipinski definition) is 1. The average molecular weight is 366 g/mol. The highest BCUT2D eigenvalue weighted by Gasteiger charge is 2.40. The van der Waals surface area contributed by atoms with Gasteiger partial charge in [0.1, 0.15) is 5.25 Å². The van der Waals surface area contributed by atoms with Gasteiger partial charge in [-0.05, 0) is 28.1 Å².